The highest BCUT2D eigenvalue weighted by atomic mass is 19.1. The maximum absolute atomic E-state index is 13.5. The van der Waals surface area contributed by atoms with Gasteiger partial charge in [0, 0.05) is 23.2 Å². The molecule has 0 amide bonds. The molecule has 0 aliphatic rings. The van der Waals surface area contributed by atoms with E-state index in [0.29, 0.717) is 17.8 Å². The lowest BCUT2D eigenvalue weighted by molar-refractivity contribution is 0.101. The number of hydrogen-bond acceptors (Lipinski definition) is 2. The second-order valence-electron chi connectivity index (χ2n) is 5.89. The van der Waals surface area contributed by atoms with E-state index in [1.807, 2.05) is 18.2 Å². The molecule has 2 aromatic carbocycles. The fourth-order valence-corrected chi connectivity index (χ4v) is 2.21. The van der Waals surface area contributed by atoms with Crippen LogP contribution in [0, 0.1) is 5.82 Å². The van der Waals surface area contributed by atoms with Crippen LogP contribution in [0.1, 0.15) is 36.7 Å². The van der Waals surface area contributed by atoms with E-state index in [-0.39, 0.29) is 11.2 Å². The molecule has 0 atom stereocenters. The largest absolute Gasteiger partial charge is 0.384 e. The first-order valence-corrected chi connectivity index (χ1v) is 6.99. The Labute approximate surface area is 125 Å². The second kappa shape index (κ2) is 6.08. The fraction of sp³-hybridized carbons (Fsp3) is 0.278. The third-order valence-corrected chi connectivity index (χ3v) is 3.59. The van der Waals surface area contributed by atoms with Crippen molar-refractivity contribution in [1.82, 2.24) is 0 Å². The molecule has 110 valence electrons. The highest BCUT2D eigenvalue weighted by Gasteiger charge is 2.20. The summed E-state index contributed by atoms with van der Waals surface area (Å²) >= 11 is 0. The third-order valence-electron chi connectivity index (χ3n) is 3.59. The molecule has 0 aliphatic carbocycles. The quantitative estimate of drug-likeness (QED) is 0.824. The Hall–Kier alpha value is -2.16. The number of rotatable bonds is 5. The van der Waals surface area contributed by atoms with Crippen molar-refractivity contribution in [2.45, 2.75) is 26.2 Å². The monoisotopic (exact) mass is 285 g/mol. The molecule has 0 unspecified atom stereocenters. The molecule has 0 fully saturated rings. The maximum atomic E-state index is 13.5. The summed E-state index contributed by atoms with van der Waals surface area (Å²) in [6.45, 7) is 6.34. The average molecular weight is 285 g/mol. The number of Topliss-reactive ketones (excluding diaryl/α,β-unsaturated/α-hetero) is 1. The van der Waals surface area contributed by atoms with Crippen LogP contribution in [-0.2, 0) is 5.41 Å². The van der Waals surface area contributed by atoms with Gasteiger partial charge in [0.1, 0.15) is 5.82 Å². The van der Waals surface area contributed by atoms with E-state index in [1.165, 1.54) is 24.6 Å². The minimum Gasteiger partial charge on any atom is -0.384 e. The topological polar surface area (TPSA) is 29.1 Å². The summed E-state index contributed by atoms with van der Waals surface area (Å²) in [5.41, 5.74) is 2.13. The Balaban J connectivity index is 2.14. The van der Waals surface area contributed by atoms with E-state index in [0.717, 1.165) is 0 Å². The van der Waals surface area contributed by atoms with Crippen LogP contribution in [0.4, 0.5) is 10.1 Å². The third kappa shape index (κ3) is 3.91. The van der Waals surface area contributed by atoms with Crippen molar-refractivity contribution in [3.8, 4) is 0 Å². The molecule has 0 radical (unpaired) electrons. The van der Waals surface area contributed by atoms with E-state index in [9.17, 15) is 9.18 Å². The van der Waals surface area contributed by atoms with E-state index >= 15 is 0 Å². The molecule has 2 rings (SSSR count). The molecule has 0 spiro atoms. The first kappa shape index (κ1) is 15.2. The molecular formula is C18H20FNO. The van der Waals surface area contributed by atoms with Crippen LogP contribution >= 0.6 is 0 Å². The van der Waals surface area contributed by atoms with Crippen LogP contribution < -0.4 is 5.32 Å². The second-order valence-corrected chi connectivity index (χ2v) is 5.89. The molecule has 0 bridgehead atoms. The van der Waals surface area contributed by atoms with Gasteiger partial charge in [0.25, 0.3) is 0 Å². The average Bonchev–Trinajstić information content (AvgIpc) is 2.45. The Morgan fingerprint density at radius 1 is 1.14 bits per heavy atom. The van der Waals surface area contributed by atoms with Crippen molar-refractivity contribution in [3.05, 3.63) is 65.5 Å². The smallest absolute Gasteiger partial charge is 0.159 e. The van der Waals surface area contributed by atoms with Gasteiger partial charge >= 0.3 is 0 Å². The van der Waals surface area contributed by atoms with Gasteiger partial charge in [0.05, 0.1) is 0 Å². The van der Waals surface area contributed by atoms with E-state index in [4.69, 9.17) is 0 Å². The summed E-state index contributed by atoms with van der Waals surface area (Å²) in [7, 11) is 0. The van der Waals surface area contributed by atoms with Crippen LogP contribution in [0.25, 0.3) is 0 Å². The number of hydrogen-bond donors (Lipinski definition) is 1. The minimum absolute atomic E-state index is 0.0933. The van der Waals surface area contributed by atoms with E-state index in [1.54, 1.807) is 6.07 Å². The predicted octanol–water partition coefficient (Wildman–Crippen LogP) is 4.42. The first-order valence-electron chi connectivity index (χ1n) is 6.99. The number of halogens is 1. The lowest BCUT2D eigenvalue weighted by atomic mass is 9.84. The summed E-state index contributed by atoms with van der Waals surface area (Å²) < 4.78 is 13.5. The van der Waals surface area contributed by atoms with Gasteiger partial charge in [-0.05, 0) is 30.7 Å². The normalized spacial score (nSPS) is 11.2. The van der Waals surface area contributed by atoms with Gasteiger partial charge < -0.3 is 5.32 Å². The van der Waals surface area contributed by atoms with Crippen molar-refractivity contribution < 1.29 is 9.18 Å². The molecule has 3 heteroatoms. The molecule has 2 nitrogen and oxygen atoms in total. The van der Waals surface area contributed by atoms with Crippen LogP contribution in [0.15, 0.2) is 48.5 Å². The van der Waals surface area contributed by atoms with Crippen LogP contribution in [0.3, 0.4) is 0 Å². The van der Waals surface area contributed by atoms with Gasteiger partial charge in [0.15, 0.2) is 5.78 Å². The van der Waals surface area contributed by atoms with Crippen molar-refractivity contribution in [2.24, 2.45) is 0 Å². The maximum Gasteiger partial charge on any atom is 0.159 e. The number of nitrogens with one attached hydrogen (secondary N) is 1. The highest BCUT2D eigenvalue weighted by Crippen LogP contribution is 2.24. The molecule has 0 aromatic heterocycles. The van der Waals surface area contributed by atoms with Gasteiger partial charge in [0.2, 0.25) is 0 Å². The number of carbonyl (C=O) groups excluding carboxylic acids is 1. The lowest BCUT2D eigenvalue weighted by Gasteiger charge is -2.26. The standard InChI is InChI=1S/C18H20FNO/c1-13(21)14-9-16(19)11-17(10-14)20-12-18(2,3)15-7-5-4-6-8-15/h4-11,20H,12H2,1-3H3. The molecule has 2 aromatic rings. The van der Waals surface area contributed by atoms with Crippen molar-refractivity contribution in [1.29, 1.82) is 0 Å². The Bertz CT molecular complexity index is 635. The summed E-state index contributed by atoms with van der Waals surface area (Å²) in [5, 5.41) is 3.23. The van der Waals surface area contributed by atoms with Gasteiger partial charge in [-0.15, -0.1) is 0 Å². The highest BCUT2D eigenvalue weighted by molar-refractivity contribution is 5.95. The Kier molecular flexibility index (Phi) is 4.41. The number of anilines is 1. The molecule has 1 N–H and O–H groups in total. The van der Waals surface area contributed by atoms with Gasteiger partial charge in [-0.2, -0.15) is 0 Å². The zero-order valence-corrected chi connectivity index (χ0v) is 12.6. The van der Waals surface area contributed by atoms with Gasteiger partial charge in [-0.1, -0.05) is 44.2 Å². The Morgan fingerprint density at radius 2 is 1.81 bits per heavy atom. The molecule has 0 heterocycles. The van der Waals surface area contributed by atoms with Crippen molar-refractivity contribution in [3.63, 3.8) is 0 Å². The number of carbonyl (C=O) groups is 1. The molecule has 0 saturated heterocycles. The van der Waals surface area contributed by atoms with Gasteiger partial charge in [-0.25, -0.2) is 4.39 Å². The SMILES string of the molecule is CC(=O)c1cc(F)cc(NCC(C)(C)c2ccccc2)c1. The minimum atomic E-state index is -0.400. The van der Waals surface area contributed by atoms with Crippen molar-refractivity contribution in [2.75, 3.05) is 11.9 Å². The van der Waals surface area contributed by atoms with E-state index in [2.05, 4.69) is 31.3 Å². The van der Waals surface area contributed by atoms with Gasteiger partial charge in [-0.3, -0.25) is 4.79 Å². The first-order chi connectivity index (χ1) is 9.88. The van der Waals surface area contributed by atoms with Crippen LogP contribution in [0.2, 0.25) is 0 Å². The summed E-state index contributed by atoms with van der Waals surface area (Å²) in [6, 6.07) is 14.5. The summed E-state index contributed by atoms with van der Waals surface area (Å²) in [6.07, 6.45) is 0. The van der Waals surface area contributed by atoms with Crippen molar-refractivity contribution >= 4 is 11.5 Å². The zero-order chi connectivity index (χ0) is 15.5. The van der Waals surface area contributed by atoms with E-state index < -0.39 is 5.82 Å². The molecular weight excluding hydrogens is 265 g/mol. The molecule has 0 saturated carbocycles. The lowest BCUT2D eigenvalue weighted by Crippen LogP contribution is -2.27. The predicted molar refractivity (Wildman–Crippen MR) is 84.4 cm³/mol. The number of ketones is 1. The zero-order valence-electron chi connectivity index (χ0n) is 12.6. The van der Waals surface area contributed by atoms with Crippen LogP contribution in [-0.4, -0.2) is 12.3 Å². The summed E-state index contributed by atoms with van der Waals surface area (Å²) in [5.74, 6) is -0.539. The van der Waals surface area contributed by atoms with Crippen LogP contribution in [0.5, 0.6) is 0 Å². The summed E-state index contributed by atoms with van der Waals surface area (Å²) in [4.78, 5) is 11.4. The number of benzene rings is 2. The molecule has 0 aliphatic heterocycles. The fourth-order valence-electron chi connectivity index (χ4n) is 2.21. The Morgan fingerprint density at radius 3 is 2.43 bits per heavy atom. The molecule has 21 heavy (non-hydrogen) atoms.